The maximum atomic E-state index is 2.48. The fraction of sp³-hybridized carbons (Fsp3) is 0.900. The van der Waals surface area contributed by atoms with Gasteiger partial charge in [0.1, 0.15) is 0 Å². The summed E-state index contributed by atoms with van der Waals surface area (Å²) < 4.78 is 1.59. The molecule has 130 valence electrons. The molecular weight excluding hydrogens is 304 g/mol. The van der Waals surface area contributed by atoms with E-state index in [1.165, 1.54) is 108 Å². The molecule has 2 heteroatoms. The summed E-state index contributed by atoms with van der Waals surface area (Å²) in [6, 6.07) is 0. The molecule has 0 atom stereocenters. The second-order valence-electron chi connectivity index (χ2n) is 6.60. The van der Waals surface area contributed by atoms with Crippen LogP contribution >= 0.6 is 23.5 Å². The number of allylic oxidation sites excluding steroid dienone is 1. The van der Waals surface area contributed by atoms with Gasteiger partial charge in [0.2, 0.25) is 0 Å². The number of hydrogen-bond donors (Lipinski definition) is 0. The van der Waals surface area contributed by atoms with Crippen LogP contribution in [0.2, 0.25) is 0 Å². The van der Waals surface area contributed by atoms with Gasteiger partial charge in [-0.3, -0.25) is 0 Å². The summed E-state index contributed by atoms with van der Waals surface area (Å²) in [5.74, 6) is 2.66. The van der Waals surface area contributed by atoms with Crippen molar-refractivity contribution in [1.82, 2.24) is 0 Å². The molecule has 0 radical (unpaired) electrons. The van der Waals surface area contributed by atoms with Gasteiger partial charge in [-0.25, -0.2) is 0 Å². The van der Waals surface area contributed by atoms with Crippen LogP contribution in [0.5, 0.6) is 0 Å². The third-order valence-electron chi connectivity index (χ3n) is 4.44. The van der Waals surface area contributed by atoms with Crippen LogP contribution in [0.1, 0.15) is 103 Å². The minimum Gasteiger partial charge on any atom is -0.119 e. The Kier molecular flexibility index (Phi) is 15.2. The molecular formula is C20H38S2. The Morgan fingerprint density at radius 3 is 1.50 bits per heavy atom. The van der Waals surface area contributed by atoms with E-state index >= 15 is 0 Å². The Hall–Kier alpha value is 0.440. The van der Waals surface area contributed by atoms with Crippen molar-refractivity contribution in [3.8, 4) is 0 Å². The minimum atomic E-state index is 1.31. The Bertz CT molecular complexity index is 252. The minimum absolute atomic E-state index is 1.31. The second kappa shape index (κ2) is 16.3. The molecule has 0 aromatic rings. The standard InChI is InChI=1S/C20H38S2/c1-2-3-4-5-6-7-8-9-10-11-12-13-14-15-16-17-20-21-18-19-22-20/h17H,2-16,18-19H2,1H3. The van der Waals surface area contributed by atoms with E-state index < -0.39 is 0 Å². The quantitative estimate of drug-likeness (QED) is 0.275. The number of hydrogen-bond acceptors (Lipinski definition) is 2. The van der Waals surface area contributed by atoms with Crippen LogP contribution in [0.15, 0.2) is 10.3 Å². The van der Waals surface area contributed by atoms with Crippen molar-refractivity contribution < 1.29 is 0 Å². The lowest BCUT2D eigenvalue weighted by atomic mass is 10.0. The molecule has 0 aliphatic carbocycles. The topological polar surface area (TPSA) is 0 Å². The molecule has 1 aliphatic heterocycles. The molecule has 0 spiro atoms. The third kappa shape index (κ3) is 12.9. The summed E-state index contributed by atoms with van der Waals surface area (Å²) in [4.78, 5) is 0. The van der Waals surface area contributed by atoms with Gasteiger partial charge in [0.25, 0.3) is 0 Å². The van der Waals surface area contributed by atoms with E-state index in [0.717, 1.165) is 0 Å². The summed E-state index contributed by atoms with van der Waals surface area (Å²) in [5, 5.41) is 0. The molecule has 0 saturated carbocycles. The predicted octanol–water partition coefficient (Wildman–Crippen LogP) is 8.18. The van der Waals surface area contributed by atoms with Crippen molar-refractivity contribution in [2.75, 3.05) is 11.5 Å². The Labute approximate surface area is 148 Å². The second-order valence-corrected chi connectivity index (χ2v) is 9.14. The zero-order valence-electron chi connectivity index (χ0n) is 14.9. The lowest BCUT2D eigenvalue weighted by molar-refractivity contribution is 0.536. The Morgan fingerprint density at radius 1 is 0.636 bits per heavy atom. The van der Waals surface area contributed by atoms with Gasteiger partial charge in [0.05, 0.1) is 0 Å². The molecule has 0 aromatic heterocycles. The summed E-state index contributed by atoms with van der Waals surface area (Å²) in [6.07, 6.45) is 24.2. The van der Waals surface area contributed by atoms with Crippen molar-refractivity contribution in [1.29, 1.82) is 0 Å². The first-order valence-electron chi connectivity index (χ1n) is 9.89. The molecule has 1 heterocycles. The molecule has 0 bridgehead atoms. The lowest BCUT2D eigenvalue weighted by Crippen LogP contribution is -1.83. The van der Waals surface area contributed by atoms with E-state index in [4.69, 9.17) is 0 Å². The van der Waals surface area contributed by atoms with Gasteiger partial charge in [0, 0.05) is 15.7 Å². The molecule has 0 unspecified atom stereocenters. The van der Waals surface area contributed by atoms with Gasteiger partial charge in [-0.1, -0.05) is 96.5 Å². The molecule has 0 nitrogen and oxygen atoms in total. The third-order valence-corrected chi connectivity index (χ3v) is 7.13. The number of rotatable bonds is 15. The maximum Gasteiger partial charge on any atom is 0.0361 e. The van der Waals surface area contributed by atoms with Crippen molar-refractivity contribution >= 4 is 23.5 Å². The van der Waals surface area contributed by atoms with Crippen LogP contribution in [0.25, 0.3) is 0 Å². The first kappa shape index (κ1) is 20.5. The molecule has 1 aliphatic rings. The highest BCUT2D eigenvalue weighted by atomic mass is 32.2. The molecule has 22 heavy (non-hydrogen) atoms. The van der Waals surface area contributed by atoms with Crippen LogP contribution in [0, 0.1) is 0 Å². The van der Waals surface area contributed by atoms with Crippen molar-refractivity contribution in [3.63, 3.8) is 0 Å². The van der Waals surface area contributed by atoms with E-state index in [9.17, 15) is 0 Å². The predicted molar refractivity (Wildman–Crippen MR) is 108 cm³/mol. The maximum absolute atomic E-state index is 2.48. The van der Waals surface area contributed by atoms with Gasteiger partial charge in [-0.05, 0) is 12.8 Å². The smallest absolute Gasteiger partial charge is 0.0361 e. The summed E-state index contributed by atoms with van der Waals surface area (Å²) >= 11 is 4.11. The molecule has 0 N–H and O–H groups in total. The molecule has 1 saturated heterocycles. The zero-order valence-corrected chi connectivity index (χ0v) is 16.5. The Balaban J connectivity index is 1.68. The zero-order chi connectivity index (χ0) is 15.7. The SMILES string of the molecule is CCCCCCCCCCCCCCCCC=C1SCCS1. The van der Waals surface area contributed by atoms with E-state index in [-0.39, 0.29) is 0 Å². The summed E-state index contributed by atoms with van der Waals surface area (Å²) in [7, 11) is 0. The van der Waals surface area contributed by atoms with Crippen LogP contribution in [-0.2, 0) is 0 Å². The first-order chi connectivity index (χ1) is 10.9. The van der Waals surface area contributed by atoms with Crippen LogP contribution in [-0.4, -0.2) is 11.5 Å². The van der Waals surface area contributed by atoms with Crippen molar-refractivity contribution in [2.45, 2.75) is 103 Å². The van der Waals surface area contributed by atoms with Gasteiger partial charge in [-0.15, -0.1) is 23.5 Å². The van der Waals surface area contributed by atoms with Crippen molar-refractivity contribution in [2.24, 2.45) is 0 Å². The Morgan fingerprint density at radius 2 is 1.05 bits per heavy atom. The highest BCUT2D eigenvalue weighted by Crippen LogP contribution is 2.36. The van der Waals surface area contributed by atoms with Crippen molar-refractivity contribution in [3.05, 3.63) is 10.3 Å². The largest absolute Gasteiger partial charge is 0.119 e. The van der Waals surface area contributed by atoms with Gasteiger partial charge in [-0.2, -0.15) is 0 Å². The summed E-state index contributed by atoms with van der Waals surface area (Å²) in [6.45, 7) is 2.30. The molecule has 1 rings (SSSR count). The molecule has 0 aromatic carbocycles. The fourth-order valence-corrected chi connectivity index (χ4v) is 5.38. The van der Waals surface area contributed by atoms with E-state index in [1.807, 2.05) is 0 Å². The van der Waals surface area contributed by atoms with Crippen LogP contribution in [0.3, 0.4) is 0 Å². The molecule has 1 fully saturated rings. The first-order valence-corrected chi connectivity index (χ1v) is 11.9. The average Bonchev–Trinajstić information content (AvgIpc) is 3.04. The normalized spacial score (nSPS) is 14.7. The van der Waals surface area contributed by atoms with Gasteiger partial charge < -0.3 is 0 Å². The van der Waals surface area contributed by atoms with Gasteiger partial charge >= 0.3 is 0 Å². The fourth-order valence-electron chi connectivity index (χ4n) is 3.00. The molecule has 0 amide bonds. The highest BCUT2D eigenvalue weighted by Gasteiger charge is 2.06. The van der Waals surface area contributed by atoms with E-state index in [1.54, 1.807) is 4.24 Å². The lowest BCUT2D eigenvalue weighted by Gasteiger charge is -2.03. The number of unbranched alkanes of at least 4 members (excludes halogenated alkanes) is 14. The van der Waals surface area contributed by atoms with E-state index in [0.29, 0.717) is 0 Å². The van der Waals surface area contributed by atoms with Crippen LogP contribution in [0.4, 0.5) is 0 Å². The summed E-state index contributed by atoms with van der Waals surface area (Å²) in [5.41, 5.74) is 0. The van der Waals surface area contributed by atoms with Crippen LogP contribution < -0.4 is 0 Å². The van der Waals surface area contributed by atoms with Gasteiger partial charge in [0.15, 0.2) is 0 Å². The highest BCUT2D eigenvalue weighted by molar-refractivity contribution is 8.25. The average molecular weight is 343 g/mol. The number of thioether (sulfide) groups is 2. The van der Waals surface area contributed by atoms with E-state index in [2.05, 4.69) is 36.5 Å². The monoisotopic (exact) mass is 342 g/mol.